The summed E-state index contributed by atoms with van der Waals surface area (Å²) < 4.78 is 5.94. The van der Waals surface area contributed by atoms with Crippen LogP contribution >= 0.6 is 0 Å². The Bertz CT molecular complexity index is 762. The van der Waals surface area contributed by atoms with Gasteiger partial charge in [0.1, 0.15) is 17.9 Å². The van der Waals surface area contributed by atoms with Crippen LogP contribution in [0.2, 0.25) is 0 Å². The number of imide groups is 1. The highest BCUT2D eigenvalue weighted by Gasteiger charge is 2.39. The van der Waals surface area contributed by atoms with E-state index in [9.17, 15) is 19.5 Å². The van der Waals surface area contributed by atoms with Crippen LogP contribution in [-0.2, 0) is 16.1 Å². The maximum absolute atomic E-state index is 12.7. The van der Waals surface area contributed by atoms with Crippen LogP contribution in [0.1, 0.15) is 54.4 Å². The molecule has 3 atom stereocenters. The van der Waals surface area contributed by atoms with Gasteiger partial charge in [0.15, 0.2) is 0 Å². The first-order valence-electron chi connectivity index (χ1n) is 9.15. The number of benzene rings is 1. The first-order valence-corrected chi connectivity index (χ1v) is 9.15. The second-order valence-electron chi connectivity index (χ2n) is 7.23. The molecule has 3 amide bonds. The average Bonchev–Trinajstić information content (AvgIpc) is 2.93. The second-order valence-corrected chi connectivity index (χ2v) is 7.23. The van der Waals surface area contributed by atoms with Gasteiger partial charge in [0.2, 0.25) is 11.8 Å². The van der Waals surface area contributed by atoms with Gasteiger partial charge in [-0.3, -0.25) is 19.7 Å². The predicted molar refractivity (Wildman–Crippen MR) is 91.4 cm³/mol. The second kappa shape index (κ2) is 6.72. The molecule has 2 aliphatic heterocycles. The minimum Gasteiger partial charge on any atom is -0.488 e. The van der Waals surface area contributed by atoms with E-state index >= 15 is 0 Å². The van der Waals surface area contributed by atoms with Crippen LogP contribution in [0, 0.1) is 0 Å². The van der Waals surface area contributed by atoms with Crippen LogP contribution in [0.3, 0.4) is 0 Å². The molecule has 7 nitrogen and oxygen atoms in total. The van der Waals surface area contributed by atoms with Gasteiger partial charge in [-0.05, 0) is 49.4 Å². The minimum absolute atomic E-state index is 0.196. The highest BCUT2D eigenvalue weighted by Crippen LogP contribution is 2.31. The molecule has 0 spiro atoms. The molecule has 7 heteroatoms. The Morgan fingerprint density at radius 1 is 1.12 bits per heavy atom. The lowest BCUT2D eigenvalue weighted by atomic mass is 9.95. The monoisotopic (exact) mass is 358 g/mol. The van der Waals surface area contributed by atoms with Gasteiger partial charge in [-0.25, -0.2) is 0 Å². The third kappa shape index (κ3) is 3.07. The Balaban J connectivity index is 1.49. The van der Waals surface area contributed by atoms with Crippen molar-refractivity contribution in [2.75, 3.05) is 0 Å². The topological polar surface area (TPSA) is 95.9 Å². The van der Waals surface area contributed by atoms with Gasteiger partial charge in [0.25, 0.3) is 5.91 Å². The molecular formula is C19H22N2O5. The number of amides is 3. The Morgan fingerprint density at radius 2 is 1.92 bits per heavy atom. The maximum atomic E-state index is 12.7. The first kappa shape index (κ1) is 17.0. The lowest BCUT2D eigenvalue weighted by Gasteiger charge is -2.29. The molecule has 138 valence electrons. The molecule has 1 aliphatic carbocycles. The summed E-state index contributed by atoms with van der Waals surface area (Å²) in [5.74, 6) is -0.271. The number of hydrogen-bond donors (Lipinski definition) is 2. The van der Waals surface area contributed by atoms with Gasteiger partial charge in [-0.2, -0.15) is 0 Å². The molecule has 1 saturated carbocycles. The Labute approximate surface area is 151 Å². The summed E-state index contributed by atoms with van der Waals surface area (Å²) in [6.07, 6.45) is 3.53. The molecule has 0 aromatic heterocycles. The normalized spacial score (nSPS) is 28.7. The molecule has 1 aromatic carbocycles. The van der Waals surface area contributed by atoms with Crippen LogP contribution in [0.25, 0.3) is 0 Å². The van der Waals surface area contributed by atoms with Crippen molar-refractivity contribution in [1.82, 2.24) is 10.2 Å². The highest BCUT2D eigenvalue weighted by atomic mass is 16.5. The highest BCUT2D eigenvalue weighted by molar-refractivity contribution is 6.05. The van der Waals surface area contributed by atoms with E-state index in [0.29, 0.717) is 24.3 Å². The van der Waals surface area contributed by atoms with Crippen molar-refractivity contribution in [1.29, 1.82) is 0 Å². The third-order valence-corrected chi connectivity index (χ3v) is 5.45. The standard InChI is InChI=1S/C19H22N2O5/c22-15-3-1-2-4-16(15)26-12-5-6-13-11(9-12)10-21(19(13)25)14-7-8-17(23)20-18(14)24/h5-6,9,14-16,22H,1-4,7-8,10H2,(H,20,23,24)/t14?,15-,16-/m1/s1. The van der Waals surface area contributed by atoms with E-state index in [0.717, 1.165) is 31.2 Å². The number of hydrogen-bond acceptors (Lipinski definition) is 5. The Morgan fingerprint density at radius 3 is 2.69 bits per heavy atom. The predicted octanol–water partition coefficient (Wildman–Crippen LogP) is 1.13. The van der Waals surface area contributed by atoms with Crippen LogP contribution < -0.4 is 10.1 Å². The maximum Gasteiger partial charge on any atom is 0.255 e. The van der Waals surface area contributed by atoms with Crippen LogP contribution in [0.4, 0.5) is 0 Å². The van der Waals surface area contributed by atoms with E-state index in [1.54, 1.807) is 12.1 Å². The molecule has 2 N–H and O–H groups in total. The number of nitrogens with zero attached hydrogens (tertiary/aromatic N) is 1. The summed E-state index contributed by atoms with van der Waals surface area (Å²) >= 11 is 0. The molecule has 3 aliphatic rings. The zero-order valence-electron chi connectivity index (χ0n) is 14.4. The van der Waals surface area contributed by atoms with Crippen molar-refractivity contribution < 1.29 is 24.2 Å². The molecule has 4 rings (SSSR count). The Hall–Kier alpha value is -2.41. The number of ether oxygens (including phenoxy) is 1. The number of piperidine rings is 1. The van der Waals surface area contributed by atoms with E-state index in [-0.39, 0.29) is 24.3 Å². The zero-order chi connectivity index (χ0) is 18.3. The zero-order valence-corrected chi connectivity index (χ0v) is 14.4. The van der Waals surface area contributed by atoms with Crippen molar-refractivity contribution in [3.63, 3.8) is 0 Å². The fourth-order valence-electron chi connectivity index (χ4n) is 4.01. The number of aliphatic hydroxyl groups is 1. The summed E-state index contributed by atoms with van der Waals surface area (Å²) in [7, 11) is 0. The molecule has 1 saturated heterocycles. The SMILES string of the molecule is O=C1CCC(N2Cc3cc(O[C@@H]4CCCC[C@H]4O)ccc3C2=O)C(=O)N1. The molecule has 0 radical (unpaired) electrons. The lowest BCUT2D eigenvalue weighted by molar-refractivity contribution is -0.136. The van der Waals surface area contributed by atoms with Gasteiger partial charge in [0.05, 0.1) is 6.10 Å². The summed E-state index contributed by atoms with van der Waals surface area (Å²) in [6.45, 7) is 0.324. The van der Waals surface area contributed by atoms with Crippen LogP contribution in [-0.4, -0.2) is 46.0 Å². The summed E-state index contributed by atoms with van der Waals surface area (Å²) in [5.41, 5.74) is 1.37. The largest absolute Gasteiger partial charge is 0.488 e. The van der Waals surface area contributed by atoms with Crippen molar-refractivity contribution in [2.45, 2.75) is 63.3 Å². The van der Waals surface area contributed by atoms with E-state index in [1.165, 1.54) is 4.90 Å². The van der Waals surface area contributed by atoms with Crippen molar-refractivity contribution in [3.05, 3.63) is 29.3 Å². The van der Waals surface area contributed by atoms with Crippen molar-refractivity contribution in [3.8, 4) is 5.75 Å². The van der Waals surface area contributed by atoms with Gasteiger partial charge >= 0.3 is 0 Å². The average molecular weight is 358 g/mol. The fraction of sp³-hybridized carbons (Fsp3) is 0.526. The first-order chi connectivity index (χ1) is 12.5. The molecule has 1 aromatic rings. The molecule has 26 heavy (non-hydrogen) atoms. The summed E-state index contributed by atoms with van der Waals surface area (Å²) in [5, 5.41) is 12.4. The molecule has 2 heterocycles. The third-order valence-electron chi connectivity index (χ3n) is 5.45. The van der Waals surface area contributed by atoms with Gasteiger partial charge in [-0.1, -0.05) is 6.42 Å². The van der Waals surface area contributed by atoms with Crippen molar-refractivity contribution >= 4 is 17.7 Å². The lowest BCUT2D eigenvalue weighted by Crippen LogP contribution is -2.52. The quantitative estimate of drug-likeness (QED) is 0.790. The smallest absolute Gasteiger partial charge is 0.255 e. The molecule has 0 bridgehead atoms. The van der Waals surface area contributed by atoms with Crippen molar-refractivity contribution in [2.24, 2.45) is 0 Å². The number of aliphatic hydroxyl groups excluding tert-OH is 1. The molecule has 2 fully saturated rings. The van der Waals surface area contributed by atoms with E-state index in [2.05, 4.69) is 5.32 Å². The molecular weight excluding hydrogens is 336 g/mol. The number of carbonyl (C=O) groups is 3. The number of carbonyl (C=O) groups excluding carboxylic acids is 3. The summed E-state index contributed by atoms with van der Waals surface area (Å²) in [6, 6.07) is 4.66. The fourth-order valence-corrected chi connectivity index (χ4v) is 4.01. The van der Waals surface area contributed by atoms with Gasteiger partial charge < -0.3 is 14.7 Å². The summed E-state index contributed by atoms with van der Waals surface area (Å²) in [4.78, 5) is 37.6. The van der Waals surface area contributed by atoms with Gasteiger partial charge in [0, 0.05) is 18.5 Å². The number of fused-ring (bicyclic) bond motifs is 1. The van der Waals surface area contributed by atoms with E-state index in [1.807, 2.05) is 6.07 Å². The van der Waals surface area contributed by atoms with Crippen LogP contribution in [0.15, 0.2) is 18.2 Å². The molecule has 1 unspecified atom stereocenters. The van der Waals surface area contributed by atoms with Gasteiger partial charge in [-0.15, -0.1) is 0 Å². The number of nitrogens with one attached hydrogen (secondary N) is 1. The van der Waals surface area contributed by atoms with E-state index < -0.39 is 18.1 Å². The number of rotatable bonds is 3. The van der Waals surface area contributed by atoms with Crippen LogP contribution in [0.5, 0.6) is 5.75 Å². The van der Waals surface area contributed by atoms with E-state index in [4.69, 9.17) is 4.74 Å². The minimum atomic E-state index is -0.614. The Kier molecular flexibility index (Phi) is 4.40.